The van der Waals surface area contributed by atoms with E-state index in [-0.39, 0.29) is 12.3 Å². The maximum Gasteiger partial charge on any atom is 0.203 e. The Labute approximate surface area is 161 Å². The first-order valence-corrected chi connectivity index (χ1v) is 9.50. The second-order valence-corrected chi connectivity index (χ2v) is 7.22. The van der Waals surface area contributed by atoms with Crippen molar-refractivity contribution in [1.82, 2.24) is 9.13 Å². The van der Waals surface area contributed by atoms with Crippen LogP contribution in [0.2, 0.25) is 0 Å². The Kier molecular flexibility index (Phi) is 5.57. The average molecular weight is 412 g/mol. The fourth-order valence-electron chi connectivity index (χ4n) is 3.08. The van der Waals surface area contributed by atoms with Crippen LogP contribution in [0.1, 0.15) is 35.7 Å². The Morgan fingerprint density at radius 1 is 1.19 bits per heavy atom. The fourth-order valence-corrected chi connectivity index (χ4v) is 3.34. The summed E-state index contributed by atoms with van der Waals surface area (Å²) in [6.07, 6.45) is 6.39. The molecular formula is C21H22BrN3O. The lowest BCUT2D eigenvalue weighted by atomic mass is 10.1. The molecule has 0 saturated carbocycles. The van der Waals surface area contributed by atoms with Gasteiger partial charge in [0.2, 0.25) is 5.62 Å². The molecule has 0 fully saturated rings. The van der Waals surface area contributed by atoms with Crippen molar-refractivity contribution in [1.29, 1.82) is 5.41 Å². The van der Waals surface area contributed by atoms with Crippen LogP contribution in [0, 0.1) is 5.41 Å². The molecule has 134 valence electrons. The van der Waals surface area contributed by atoms with E-state index in [0.717, 1.165) is 33.9 Å². The van der Waals surface area contributed by atoms with Gasteiger partial charge < -0.3 is 9.13 Å². The summed E-state index contributed by atoms with van der Waals surface area (Å²) >= 11 is 3.39. The maximum absolute atomic E-state index is 12.7. The summed E-state index contributed by atoms with van der Waals surface area (Å²) in [5, 5.41) is 8.47. The number of hydrogen-bond acceptors (Lipinski definition) is 2. The highest BCUT2D eigenvalue weighted by Gasteiger charge is 2.14. The molecule has 0 unspecified atom stereocenters. The van der Waals surface area contributed by atoms with Crippen molar-refractivity contribution in [2.24, 2.45) is 7.05 Å². The number of para-hydroxylation sites is 1. The lowest BCUT2D eigenvalue weighted by Gasteiger charge is -2.05. The smallest absolute Gasteiger partial charge is 0.203 e. The van der Waals surface area contributed by atoms with Gasteiger partial charge in [0.1, 0.15) is 0 Å². The molecule has 0 aliphatic carbocycles. The molecule has 3 rings (SSSR count). The first-order chi connectivity index (χ1) is 12.5. The number of Topliss-reactive ketones (excluding diaryl/α,β-unsaturated/α-hetero) is 1. The number of nitrogens with one attached hydrogen (secondary N) is 1. The molecule has 5 heteroatoms. The van der Waals surface area contributed by atoms with Crippen molar-refractivity contribution < 1.29 is 4.79 Å². The van der Waals surface area contributed by atoms with Crippen LogP contribution in [0.4, 0.5) is 0 Å². The number of carbonyl (C=O) groups is 1. The van der Waals surface area contributed by atoms with Crippen LogP contribution >= 0.6 is 15.9 Å². The monoisotopic (exact) mass is 411 g/mol. The largest absolute Gasteiger partial charge is 0.313 e. The quantitative estimate of drug-likeness (QED) is 0.575. The molecule has 0 amide bonds. The highest BCUT2D eigenvalue weighted by molar-refractivity contribution is 9.10. The Bertz CT molecular complexity index is 1030. The topological polar surface area (TPSA) is 50.8 Å². The van der Waals surface area contributed by atoms with Gasteiger partial charge in [-0.1, -0.05) is 65.7 Å². The van der Waals surface area contributed by atoms with E-state index in [1.54, 1.807) is 16.7 Å². The molecule has 0 aliphatic rings. The number of aromatic nitrogens is 2. The Hall–Kier alpha value is -2.40. The Morgan fingerprint density at radius 3 is 2.62 bits per heavy atom. The van der Waals surface area contributed by atoms with Gasteiger partial charge in [0, 0.05) is 22.6 Å². The summed E-state index contributed by atoms with van der Waals surface area (Å²) in [4.78, 5) is 12.7. The summed E-state index contributed by atoms with van der Waals surface area (Å²) in [5.74, 6) is -0.00423. The lowest BCUT2D eigenvalue weighted by molar-refractivity contribution is 0.0971. The van der Waals surface area contributed by atoms with Crippen molar-refractivity contribution in [3.05, 3.63) is 69.8 Å². The van der Waals surface area contributed by atoms with E-state index in [0.29, 0.717) is 11.2 Å². The number of hydrogen-bond donors (Lipinski definition) is 1. The molecular weight excluding hydrogens is 390 g/mol. The number of nitrogens with zero attached hydrogens (tertiary/aromatic N) is 2. The standard InChI is InChI=1S/C21H22BrN3O/c1-3-4-5-7-16-8-6-9-18-20(16)24(2)21(23)25(18)14-19(26)15-10-12-17(22)13-11-15/h5-13,23H,3-4,14H2,1-2H3/b7-5+,23-21?. The molecule has 2 aromatic carbocycles. The number of benzene rings is 2. The molecule has 3 aromatic rings. The van der Waals surface area contributed by atoms with E-state index in [1.807, 2.05) is 35.9 Å². The molecule has 4 nitrogen and oxygen atoms in total. The molecule has 1 N–H and O–H groups in total. The van der Waals surface area contributed by atoms with E-state index in [4.69, 9.17) is 5.41 Å². The highest BCUT2D eigenvalue weighted by atomic mass is 79.9. The summed E-state index contributed by atoms with van der Waals surface area (Å²) in [5.41, 5.74) is 3.93. The van der Waals surface area contributed by atoms with Gasteiger partial charge in [-0.2, -0.15) is 0 Å². The summed E-state index contributed by atoms with van der Waals surface area (Å²) in [6.45, 7) is 2.30. The SMILES string of the molecule is CCC/C=C/c1cccc2c1n(C)c(=N)n2CC(=O)c1ccc(Br)cc1. The van der Waals surface area contributed by atoms with Crippen LogP contribution in [0.5, 0.6) is 0 Å². The summed E-state index contributed by atoms with van der Waals surface area (Å²) in [6, 6.07) is 13.3. The van der Waals surface area contributed by atoms with Gasteiger partial charge >= 0.3 is 0 Å². The minimum Gasteiger partial charge on any atom is -0.313 e. The van der Waals surface area contributed by atoms with Crippen molar-refractivity contribution in [3.8, 4) is 0 Å². The van der Waals surface area contributed by atoms with Crippen molar-refractivity contribution >= 4 is 38.8 Å². The third kappa shape index (κ3) is 3.58. The number of halogens is 1. The van der Waals surface area contributed by atoms with Gasteiger partial charge in [-0.3, -0.25) is 10.2 Å². The number of fused-ring (bicyclic) bond motifs is 1. The summed E-state index contributed by atoms with van der Waals surface area (Å²) < 4.78 is 4.56. The first kappa shape index (κ1) is 18.4. The van der Waals surface area contributed by atoms with Crippen LogP contribution in [-0.4, -0.2) is 14.9 Å². The van der Waals surface area contributed by atoms with E-state index in [1.165, 1.54) is 0 Å². The number of carbonyl (C=O) groups excluding carboxylic acids is 1. The van der Waals surface area contributed by atoms with Crippen molar-refractivity contribution in [3.63, 3.8) is 0 Å². The molecule has 0 saturated heterocycles. The molecule has 0 spiro atoms. The van der Waals surface area contributed by atoms with E-state index < -0.39 is 0 Å². The third-order valence-electron chi connectivity index (χ3n) is 4.47. The number of aryl methyl sites for hydroxylation is 1. The zero-order valence-corrected chi connectivity index (χ0v) is 16.6. The number of rotatable bonds is 6. The van der Waals surface area contributed by atoms with Crippen molar-refractivity contribution in [2.75, 3.05) is 0 Å². The predicted molar refractivity (Wildman–Crippen MR) is 109 cm³/mol. The third-order valence-corrected chi connectivity index (χ3v) is 4.99. The second-order valence-electron chi connectivity index (χ2n) is 6.30. The van der Waals surface area contributed by atoms with Gasteiger partial charge in [0.25, 0.3) is 0 Å². The molecule has 1 aromatic heterocycles. The molecule has 0 aliphatic heterocycles. The van der Waals surface area contributed by atoms with Crippen molar-refractivity contribution in [2.45, 2.75) is 26.3 Å². The molecule has 0 radical (unpaired) electrons. The van der Waals surface area contributed by atoms with Gasteiger partial charge in [-0.05, 0) is 24.6 Å². The normalized spacial score (nSPS) is 11.5. The van der Waals surface area contributed by atoms with Crippen LogP contribution in [0.15, 0.2) is 53.0 Å². The summed E-state index contributed by atoms with van der Waals surface area (Å²) in [7, 11) is 1.88. The molecule has 26 heavy (non-hydrogen) atoms. The van der Waals surface area contributed by atoms with Gasteiger partial charge in [0.05, 0.1) is 17.6 Å². The Balaban J connectivity index is 2.03. The number of ketones is 1. The second kappa shape index (κ2) is 7.87. The maximum atomic E-state index is 12.7. The number of allylic oxidation sites excluding steroid dienone is 1. The van der Waals surface area contributed by atoms with Crippen LogP contribution in [-0.2, 0) is 13.6 Å². The molecule has 0 bridgehead atoms. The molecule has 1 heterocycles. The predicted octanol–water partition coefficient (Wildman–Crippen LogP) is 4.92. The highest BCUT2D eigenvalue weighted by Crippen LogP contribution is 2.20. The zero-order valence-electron chi connectivity index (χ0n) is 15.0. The fraction of sp³-hybridized carbons (Fsp3) is 0.238. The minimum atomic E-state index is -0.00423. The van der Waals surface area contributed by atoms with E-state index in [9.17, 15) is 4.79 Å². The van der Waals surface area contributed by atoms with Gasteiger partial charge in [0.15, 0.2) is 5.78 Å². The van der Waals surface area contributed by atoms with Gasteiger partial charge in [-0.25, -0.2) is 0 Å². The zero-order chi connectivity index (χ0) is 18.7. The van der Waals surface area contributed by atoms with Crippen LogP contribution < -0.4 is 5.62 Å². The number of unbranched alkanes of at least 4 members (excludes halogenated alkanes) is 1. The minimum absolute atomic E-state index is 0.00423. The van der Waals surface area contributed by atoms with Crippen LogP contribution in [0.3, 0.4) is 0 Å². The van der Waals surface area contributed by atoms with Gasteiger partial charge in [-0.15, -0.1) is 0 Å². The first-order valence-electron chi connectivity index (χ1n) is 8.71. The number of imidazole rings is 1. The Morgan fingerprint density at radius 2 is 1.92 bits per heavy atom. The van der Waals surface area contributed by atoms with Crippen LogP contribution in [0.25, 0.3) is 17.1 Å². The van der Waals surface area contributed by atoms with E-state index >= 15 is 0 Å². The average Bonchev–Trinajstić information content (AvgIpc) is 2.88. The van der Waals surface area contributed by atoms with E-state index in [2.05, 4.69) is 41.1 Å². The molecule has 0 atom stereocenters. The lowest BCUT2D eigenvalue weighted by Crippen LogP contribution is -2.25.